The Morgan fingerprint density at radius 2 is 2.05 bits per heavy atom. The van der Waals surface area contributed by atoms with E-state index >= 15 is 0 Å². The molecule has 3 nitrogen and oxygen atoms in total. The van der Waals surface area contributed by atoms with Gasteiger partial charge in [-0.25, -0.2) is 0 Å². The molecular weight excluding hydrogens is 270 g/mol. The van der Waals surface area contributed by atoms with Crippen molar-refractivity contribution in [1.82, 2.24) is 5.32 Å². The zero-order valence-electron chi connectivity index (χ0n) is 11.3. The second kappa shape index (κ2) is 6.02. The largest absolute Gasteiger partial charge is 0.390 e. The highest BCUT2D eigenvalue weighted by Crippen LogP contribution is 2.31. The zero-order chi connectivity index (χ0) is 13.9. The maximum atomic E-state index is 12.1. The summed E-state index contributed by atoms with van der Waals surface area (Å²) in [4.78, 5) is 12.1. The van der Waals surface area contributed by atoms with Gasteiger partial charge in [0.25, 0.3) is 0 Å². The number of thioether (sulfide) groups is 1. The monoisotopic (exact) mass is 289 g/mol. The van der Waals surface area contributed by atoms with Crippen LogP contribution in [0, 0.1) is 0 Å². The molecule has 3 rings (SSSR count). The molecule has 1 aromatic carbocycles. The van der Waals surface area contributed by atoms with Crippen LogP contribution in [-0.4, -0.2) is 28.6 Å². The highest BCUT2D eigenvalue weighted by atomic mass is 32.2. The lowest BCUT2D eigenvalue weighted by Gasteiger charge is -2.18. The van der Waals surface area contributed by atoms with Gasteiger partial charge in [0.15, 0.2) is 0 Å². The lowest BCUT2D eigenvalue weighted by atomic mass is 10.1. The smallest absolute Gasteiger partial charge is 0.244 e. The van der Waals surface area contributed by atoms with E-state index in [9.17, 15) is 9.90 Å². The molecule has 0 spiro atoms. The lowest BCUT2D eigenvalue weighted by Crippen LogP contribution is -2.33. The molecule has 2 N–H and O–H groups in total. The fraction of sp³-hybridized carbons (Fsp3) is 0.438. The summed E-state index contributed by atoms with van der Waals surface area (Å²) in [7, 11) is 0. The predicted octanol–water partition coefficient (Wildman–Crippen LogP) is 2.21. The summed E-state index contributed by atoms with van der Waals surface area (Å²) in [6.45, 7) is 0. The van der Waals surface area contributed by atoms with E-state index in [0.29, 0.717) is 6.42 Å². The molecule has 0 aromatic heterocycles. The number of carbonyl (C=O) groups excluding carboxylic acids is 1. The molecule has 2 aliphatic rings. The molecule has 1 heterocycles. The molecule has 0 bridgehead atoms. The summed E-state index contributed by atoms with van der Waals surface area (Å²) >= 11 is 1.94. The van der Waals surface area contributed by atoms with Crippen molar-refractivity contribution in [1.29, 1.82) is 0 Å². The summed E-state index contributed by atoms with van der Waals surface area (Å²) in [6, 6.07) is 7.65. The molecule has 1 aliphatic heterocycles. The minimum atomic E-state index is -0.517. The zero-order valence-corrected chi connectivity index (χ0v) is 12.2. The first-order valence-electron chi connectivity index (χ1n) is 7.07. The van der Waals surface area contributed by atoms with Gasteiger partial charge in [-0.15, -0.1) is 0 Å². The van der Waals surface area contributed by atoms with E-state index in [1.165, 1.54) is 5.57 Å². The van der Waals surface area contributed by atoms with Crippen LogP contribution in [0.4, 0.5) is 0 Å². The molecule has 1 aromatic rings. The number of nitrogens with one attached hydrogen (secondary N) is 1. The number of rotatable bonds is 2. The Morgan fingerprint density at radius 3 is 2.85 bits per heavy atom. The van der Waals surface area contributed by atoms with Crippen molar-refractivity contribution >= 4 is 17.7 Å². The third-order valence-electron chi connectivity index (χ3n) is 3.97. The van der Waals surface area contributed by atoms with Crippen LogP contribution in [0.5, 0.6) is 0 Å². The Balaban J connectivity index is 1.70. The van der Waals surface area contributed by atoms with Gasteiger partial charge in [-0.05, 0) is 35.5 Å². The van der Waals surface area contributed by atoms with Crippen LogP contribution in [0.2, 0.25) is 0 Å². The number of carbonyl (C=O) groups is 1. The molecule has 0 radical (unpaired) electrons. The molecule has 1 amide bonds. The standard InChI is InChI=1S/C16H19NO2S/c18-14-10-12-3-1-2-4-13(12)16(14)17-15(19)9-11-5-7-20-8-6-11/h1-4,9,14,16,18H,5-8,10H2,(H,17,19). The minimum Gasteiger partial charge on any atom is -0.390 e. The van der Waals surface area contributed by atoms with Gasteiger partial charge in [0.1, 0.15) is 0 Å². The van der Waals surface area contributed by atoms with Gasteiger partial charge in [0.2, 0.25) is 5.91 Å². The maximum absolute atomic E-state index is 12.1. The molecule has 1 fully saturated rings. The first-order chi connectivity index (χ1) is 9.74. The van der Waals surface area contributed by atoms with Crippen LogP contribution >= 0.6 is 11.8 Å². The Hall–Kier alpha value is -1.26. The highest BCUT2D eigenvalue weighted by molar-refractivity contribution is 7.99. The lowest BCUT2D eigenvalue weighted by molar-refractivity contribution is -0.118. The van der Waals surface area contributed by atoms with Crippen LogP contribution in [0.3, 0.4) is 0 Å². The molecule has 1 saturated heterocycles. The molecule has 4 heteroatoms. The normalized spacial score (nSPS) is 25.1. The predicted molar refractivity (Wildman–Crippen MR) is 81.7 cm³/mol. The SMILES string of the molecule is O=C(C=C1CCSCC1)NC1c2ccccc2CC1O. The first-order valence-corrected chi connectivity index (χ1v) is 8.23. The molecule has 106 valence electrons. The number of aliphatic hydroxyl groups excluding tert-OH is 1. The third-order valence-corrected chi connectivity index (χ3v) is 4.96. The van der Waals surface area contributed by atoms with Crippen LogP contribution in [-0.2, 0) is 11.2 Å². The summed E-state index contributed by atoms with van der Waals surface area (Å²) in [5.74, 6) is 2.13. The van der Waals surface area contributed by atoms with E-state index in [0.717, 1.165) is 35.5 Å². The van der Waals surface area contributed by atoms with Crippen molar-refractivity contribution in [2.45, 2.75) is 31.4 Å². The molecule has 1 aliphatic carbocycles. The number of fused-ring (bicyclic) bond motifs is 1. The van der Waals surface area contributed by atoms with Crippen LogP contribution < -0.4 is 5.32 Å². The van der Waals surface area contributed by atoms with Gasteiger partial charge in [0, 0.05) is 12.5 Å². The first kappa shape index (κ1) is 13.7. The van der Waals surface area contributed by atoms with E-state index < -0.39 is 6.10 Å². The molecule has 2 atom stereocenters. The maximum Gasteiger partial charge on any atom is 0.244 e. The Morgan fingerprint density at radius 1 is 1.30 bits per heavy atom. The number of hydrogen-bond acceptors (Lipinski definition) is 3. The van der Waals surface area contributed by atoms with Crippen LogP contribution in [0.15, 0.2) is 35.9 Å². The van der Waals surface area contributed by atoms with Gasteiger partial charge in [0.05, 0.1) is 12.1 Å². The minimum absolute atomic E-state index is 0.0762. The summed E-state index contributed by atoms with van der Waals surface area (Å²) < 4.78 is 0. The van der Waals surface area contributed by atoms with E-state index in [1.54, 1.807) is 6.08 Å². The third kappa shape index (κ3) is 2.91. The number of aliphatic hydroxyl groups is 1. The average Bonchev–Trinajstić information content (AvgIpc) is 2.76. The van der Waals surface area contributed by atoms with E-state index in [4.69, 9.17) is 0 Å². The fourth-order valence-electron chi connectivity index (χ4n) is 2.91. The van der Waals surface area contributed by atoms with E-state index in [1.807, 2.05) is 36.0 Å². The average molecular weight is 289 g/mol. The van der Waals surface area contributed by atoms with Crippen molar-refractivity contribution in [2.24, 2.45) is 0 Å². The van der Waals surface area contributed by atoms with Gasteiger partial charge < -0.3 is 10.4 Å². The van der Waals surface area contributed by atoms with Crippen LogP contribution in [0.1, 0.15) is 30.0 Å². The topological polar surface area (TPSA) is 49.3 Å². The molecule has 0 saturated carbocycles. The van der Waals surface area contributed by atoms with Crippen molar-refractivity contribution in [3.8, 4) is 0 Å². The van der Waals surface area contributed by atoms with Crippen LogP contribution in [0.25, 0.3) is 0 Å². The molecule has 20 heavy (non-hydrogen) atoms. The van der Waals surface area contributed by atoms with E-state index in [2.05, 4.69) is 5.32 Å². The summed E-state index contributed by atoms with van der Waals surface area (Å²) in [5.41, 5.74) is 3.40. The Labute approximate surface area is 123 Å². The molecular formula is C16H19NO2S. The summed E-state index contributed by atoms with van der Waals surface area (Å²) in [5, 5.41) is 13.1. The van der Waals surface area contributed by atoms with Gasteiger partial charge in [-0.2, -0.15) is 11.8 Å². The highest BCUT2D eigenvalue weighted by Gasteiger charge is 2.31. The Bertz CT molecular complexity index is 533. The molecule has 2 unspecified atom stereocenters. The van der Waals surface area contributed by atoms with Crippen molar-refractivity contribution in [3.05, 3.63) is 47.0 Å². The fourth-order valence-corrected chi connectivity index (χ4v) is 3.92. The van der Waals surface area contributed by atoms with Crippen molar-refractivity contribution in [3.63, 3.8) is 0 Å². The second-order valence-corrected chi connectivity index (χ2v) is 6.60. The number of hydrogen-bond donors (Lipinski definition) is 2. The van der Waals surface area contributed by atoms with E-state index in [-0.39, 0.29) is 11.9 Å². The summed E-state index contributed by atoms with van der Waals surface area (Å²) in [6.07, 6.45) is 3.84. The van der Waals surface area contributed by atoms with Crippen molar-refractivity contribution < 1.29 is 9.90 Å². The Kier molecular flexibility index (Phi) is 4.13. The quantitative estimate of drug-likeness (QED) is 0.821. The second-order valence-electron chi connectivity index (χ2n) is 5.37. The van der Waals surface area contributed by atoms with Gasteiger partial charge in [-0.1, -0.05) is 29.8 Å². The van der Waals surface area contributed by atoms with Gasteiger partial charge in [-0.3, -0.25) is 4.79 Å². The van der Waals surface area contributed by atoms with Crippen molar-refractivity contribution in [2.75, 3.05) is 11.5 Å². The number of amides is 1. The van der Waals surface area contributed by atoms with Gasteiger partial charge >= 0.3 is 0 Å². The number of allylic oxidation sites excluding steroid dienone is 1. The number of benzene rings is 1.